The molecule has 2 aromatic rings. The van der Waals surface area contributed by atoms with Gasteiger partial charge in [0.2, 0.25) is 11.8 Å². The Morgan fingerprint density at radius 2 is 1.71 bits per heavy atom. The number of para-hydroxylation sites is 1. The second-order valence-corrected chi connectivity index (χ2v) is 7.68. The highest BCUT2D eigenvalue weighted by Gasteiger charge is 2.58. The predicted molar refractivity (Wildman–Crippen MR) is 107 cm³/mol. The van der Waals surface area contributed by atoms with Crippen LogP contribution in [0.25, 0.3) is 6.08 Å². The molecule has 1 saturated carbocycles. The number of rotatable bonds is 4. The second-order valence-electron chi connectivity index (χ2n) is 7.68. The van der Waals surface area contributed by atoms with Crippen molar-refractivity contribution in [3.63, 3.8) is 0 Å². The van der Waals surface area contributed by atoms with Crippen LogP contribution < -0.4 is 5.32 Å². The number of carbonyl (C=O) groups is 2. The fourth-order valence-electron chi connectivity index (χ4n) is 4.04. The van der Waals surface area contributed by atoms with Crippen LogP contribution in [-0.2, 0) is 9.59 Å². The van der Waals surface area contributed by atoms with Gasteiger partial charge in [0.05, 0.1) is 0 Å². The Bertz CT molecular complexity index is 885. The van der Waals surface area contributed by atoms with Crippen molar-refractivity contribution in [3.05, 3.63) is 72.1 Å². The first-order valence-corrected chi connectivity index (χ1v) is 9.64. The van der Waals surface area contributed by atoms with Crippen molar-refractivity contribution in [1.82, 2.24) is 4.90 Å². The largest absolute Gasteiger partial charge is 0.339 e. The smallest absolute Gasteiger partial charge is 0.246 e. The molecule has 144 valence electrons. The number of amides is 2. The Hall–Kier alpha value is -2.95. The van der Waals surface area contributed by atoms with Crippen LogP contribution in [0.15, 0.2) is 60.7 Å². The van der Waals surface area contributed by atoms with Gasteiger partial charge < -0.3 is 10.2 Å². The van der Waals surface area contributed by atoms with Crippen molar-refractivity contribution in [3.8, 4) is 0 Å². The number of piperidine rings is 1. The molecule has 1 aliphatic carbocycles. The van der Waals surface area contributed by atoms with Crippen molar-refractivity contribution in [1.29, 1.82) is 0 Å². The molecule has 1 aliphatic heterocycles. The zero-order chi connectivity index (χ0) is 19.6. The number of carbonyl (C=O) groups excluding carboxylic acids is 2. The van der Waals surface area contributed by atoms with Crippen LogP contribution in [0.3, 0.4) is 0 Å². The minimum Gasteiger partial charge on any atom is -0.339 e. The lowest BCUT2D eigenvalue weighted by Gasteiger charge is -2.32. The summed E-state index contributed by atoms with van der Waals surface area (Å²) in [7, 11) is 0. The summed E-state index contributed by atoms with van der Waals surface area (Å²) in [5, 5.41) is 2.99. The summed E-state index contributed by atoms with van der Waals surface area (Å²) < 4.78 is 12.9. The molecular formula is C23H23FN2O2. The van der Waals surface area contributed by atoms with Crippen molar-refractivity contribution in [2.75, 3.05) is 18.4 Å². The Balaban J connectivity index is 1.28. The number of hydrogen-bond donors (Lipinski definition) is 1. The van der Waals surface area contributed by atoms with E-state index in [0.717, 1.165) is 30.5 Å². The van der Waals surface area contributed by atoms with E-state index in [-0.39, 0.29) is 29.0 Å². The number of hydrogen-bond acceptors (Lipinski definition) is 2. The summed E-state index contributed by atoms with van der Waals surface area (Å²) in [4.78, 5) is 26.8. The van der Waals surface area contributed by atoms with Crippen LogP contribution in [-0.4, -0.2) is 29.8 Å². The van der Waals surface area contributed by atoms with Gasteiger partial charge in [-0.25, -0.2) is 4.39 Å². The summed E-state index contributed by atoms with van der Waals surface area (Å²) >= 11 is 0. The molecule has 5 heteroatoms. The molecular weight excluding hydrogens is 355 g/mol. The molecule has 4 nitrogen and oxygen atoms in total. The lowest BCUT2D eigenvalue weighted by atomic mass is 9.90. The van der Waals surface area contributed by atoms with Crippen molar-refractivity contribution < 1.29 is 14.0 Å². The summed E-state index contributed by atoms with van der Waals surface area (Å²) in [6.07, 6.45) is 5.86. The first kappa shape index (κ1) is 18.4. The van der Waals surface area contributed by atoms with E-state index in [1.165, 1.54) is 18.2 Å². The lowest BCUT2D eigenvalue weighted by Crippen LogP contribution is -2.39. The van der Waals surface area contributed by atoms with Crippen LogP contribution in [0, 0.1) is 17.2 Å². The average molecular weight is 378 g/mol. The number of anilines is 1. The van der Waals surface area contributed by atoms with Gasteiger partial charge >= 0.3 is 0 Å². The molecule has 2 fully saturated rings. The van der Waals surface area contributed by atoms with Gasteiger partial charge in [0.15, 0.2) is 0 Å². The summed E-state index contributed by atoms with van der Waals surface area (Å²) in [5.74, 6) is -0.202. The van der Waals surface area contributed by atoms with Crippen molar-refractivity contribution in [2.45, 2.75) is 19.3 Å². The maximum absolute atomic E-state index is 12.9. The molecule has 2 amide bonds. The summed E-state index contributed by atoms with van der Waals surface area (Å²) in [6.45, 7) is 1.34. The molecule has 1 spiro atoms. The first-order chi connectivity index (χ1) is 13.6. The fourth-order valence-corrected chi connectivity index (χ4v) is 4.04. The zero-order valence-electron chi connectivity index (χ0n) is 15.6. The Kier molecular flexibility index (Phi) is 4.99. The molecule has 1 saturated heterocycles. The molecule has 0 radical (unpaired) electrons. The minimum absolute atomic E-state index is 0.0369. The highest BCUT2D eigenvalue weighted by atomic mass is 19.1. The monoisotopic (exact) mass is 378 g/mol. The quantitative estimate of drug-likeness (QED) is 0.814. The SMILES string of the molecule is O=C(Nc1ccccc1)C1CC12CCN(C(=O)/C=C/c1ccc(F)cc1)CC2. The molecule has 1 N–H and O–H groups in total. The van der Waals surface area contributed by atoms with Gasteiger partial charge in [-0.05, 0) is 60.6 Å². The summed E-state index contributed by atoms with van der Waals surface area (Å²) in [5.41, 5.74) is 1.67. The Morgan fingerprint density at radius 1 is 1.04 bits per heavy atom. The second kappa shape index (κ2) is 7.58. The van der Waals surface area contributed by atoms with Crippen LogP contribution in [0.5, 0.6) is 0 Å². The molecule has 1 heterocycles. The van der Waals surface area contributed by atoms with Gasteiger partial charge in [-0.2, -0.15) is 0 Å². The zero-order valence-corrected chi connectivity index (χ0v) is 15.6. The molecule has 4 rings (SSSR count). The van der Waals surface area contributed by atoms with Crippen molar-refractivity contribution in [2.24, 2.45) is 11.3 Å². The highest BCUT2D eigenvalue weighted by Crippen LogP contribution is 2.59. The molecule has 0 bridgehead atoms. The maximum Gasteiger partial charge on any atom is 0.246 e. The molecule has 1 unspecified atom stereocenters. The maximum atomic E-state index is 12.9. The van der Waals surface area contributed by atoms with Gasteiger partial charge in [0.1, 0.15) is 5.82 Å². The van der Waals surface area contributed by atoms with E-state index in [1.54, 1.807) is 18.2 Å². The van der Waals surface area contributed by atoms with Crippen LogP contribution in [0.2, 0.25) is 0 Å². The average Bonchev–Trinajstić information content (AvgIpc) is 3.42. The van der Waals surface area contributed by atoms with E-state index >= 15 is 0 Å². The molecule has 1 atom stereocenters. The summed E-state index contributed by atoms with van der Waals surface area (Å²) in [6, 6.07) is 15.6. The van der Waals surface area contributed by atoms with Gasteiger partial charge in [0, 0.05) is 30.8 Å². The third kappa shape index (κ3) is 3.98. The fraction of sp³-hybridized carbons (Fsp3) is 0.304. The topological polar surface area (TPSA) is 49.4 Å². The van der Waals surface area contributed by atoms with Gasteiger partial charge in [-0.15, -0.1) is 0 Å². The van der Waals surface area contributed by atoms with E-state index in [1.807, 2.05) is 35.2 Å². The van der Waals surface area contributed by atoms with E-state index in [4.69, 9.17) is 0 Å². The highest BCUT2D eigenvalue weighted by molar-refractivity contribution is 5.95. The van der Waals surface area contributed by atoms with E-state index in [2.05, 4.69) is 5.32 Å². The number of nitrogens with one attached hydrogen (secondary N) is 1. The number of halogens is 1. The number of benzene rings is 2. The standard InChI is InChI=1S/C23H23FN2O2/c24-18-9-6-17(7-10-18)8-11-21(27)26-14-12-23(13-15-26)16-20(23)22(28)25-19-4-2-1-3-5-19/h1-11,20H,12-16H2,(H,25,28)/b11-8+. The number of likely N-dealkylation sites (tertiary alicyclic amines) is 1. The third-order valence-electron chi connectivity index (χ3n) is 5.91. The van der Waals surface area contributed by atoms with Crippen LogP contribution >= 0.6 is 0 Å². The van der Waals surface area contributed by atoms with Crippen LogP contribution in [0.4, 0.5) is 10.1 Å². The molecule has 28 heavy (non-hydrogen) atoms. The predicted octanol–water partition coefficient (Wildman–Crippen LogP) is 4.11. The number of nitrogens with zero attached hydrogens (tertiary/aromatic N) is 1. The Morgan fingerprint density at radius 3 is 2.39 bits per heavy atom. The van der Waals surface area contributed by atoms with Gasteiger partial charge in [-0.1, -0.05) is 30.3 Å². The lowest BCUT2D eigenvalue weighted by molar-refractivity contribution is -0.127. The van der Waals surface area contributed by atoms with E-state index in [0.29, 0.717) is 13.1 Å². The van der Waals surface area contributed by atoms with Crippen LogP contribution in [0.1, 0.15) is 24.8 Å². The van der Waals surface area contributed by atoms with Gasteiger partial charge in [0.25, 0.3) is 0 Å². The molecule has 0 aromatic heterocycles. The normalized spacial score (nSPS) is 20.3. The van der Waals surface area contributed by atoms with E-state index < -0.39 is 0 Å². The van der Waals surface area contributed by atoms with Gasteiger partial charge in [-0.3, -0.25) is 9.59 Å². The van der Waals surface area contributed by atoms with Crippen molar-refractivity contribution >= 4 is 23.6 Å². The third-order valence-corrected chi connectivity index (χ3v) is 5.91. The molecule has 2 aliphatic rings. The first-order valence-electron chi connectivity index (χ1n) is 9.64. The Labute approximate surface area is 164 Å². The van der Waals surface area contributed by atoms with E-state index in [9.17, 15) is 14.0 Å². The molecule has 2 aromatic carbocycles. The minimum atomic E-state index is -0.292.